The number of amides is 2. The van der Waals surface area contributed by atoms with Gasteiger partial charge in [0.1, 0.15) is 5.82 Å². The second-order valence-electron chi connectivity index (χ2n) is 7.17. The number of aromatic nitrogens is 4. The zero-order valence-corrected chi connectivity index (χ0v) is 14.6. The number of rotatable bonds is 2. The molecule has 0 aromatic carbocycles. The predicted molar refractivity (Wildman–Crippen MR) is 88.8 cm³/mol. The van der Waals surface area contributed by atoms with Gasteiger partial charge in [0.2, 0.25) is 5.89 Å². The maximum Gasteiger partial charge on any atom is 0.323 e. The van der Waals surface area contributed by atoms with E-state index in [-0.39, 0.29) is 17.5 Å². The lowest BCUT2D eigenvalue weighted by Crippen LogP contribution is -2.41. The van der Waals surface area contributed by atoms with Gasteiger partial charge in [0.05, 0.1) is 11.7 Å². The average Bonchev–Trinajstić information content (AvgIpc) is 3.16. The lowest BCUT2D eigenvalue weighted by molar-refractivity contribution is 0.187. The third-order valence-corrected chi connectivity index (χ3v) is 4.19. The molecule has 1 aliphatic heterocycles. The van der Waals surface area contributed by atoms with E-state index in [0.29, 0.717) is 30.6 Å². The Morgan fingerprint density at radius 2 is 2.04 bits per heavy atom. The molecule has 2 aromatic rings. The van der Waals surface area contributed by atoms with Gasteiger partial charge < -0.3 is 9.42 Å². The zero-order valence-electron chi connectivity index (χ0n) is 14.6. The van der Waals surface area contributed by atoms with Crippen molar-refractivity contribution < 1.29 is 9.32 Å². The molecule has 1 fully saturated rings. The Labute approximate surface area is 141 Å². The molecule has 8 nitrogen and oxygen atoms in total. The van der Waals surface area contributed by atoms with Crippen LogP contribution < -0.4 is 5.32 Å². The Hall–Kier alpha value is -2.38. The minimum absolute atomic E-state index is 0.0961. The highest BCUT2D eigenvalue weighted by Crippen LogP contribution is 2.27. The summed E-state index contributed by atoms with van der Waals surface area (Å²) in [4.78, 5) is 18.6. The van der Waals surface area contributed by atoms with Gasteiger partial charge in [0, 0.05) is 25.1 Å². The number of hydrogen-bond acceptors (Lipinski definition) is 5. The SMILES string of the molecule is Cc1noc(C2CCN(C(=O)Nc3ccnn3C(C)(C)C)CC2)n1. The molecule has 3 rings (SSSR count). The van der Waals surface area contributed by atoms with E-state index in [1.165, 1.54) is 0 Å². The smallest absolute Gasteiger partial charge is 0.323 e. The van der Waals surface area contributed by atoms with Crippen LogP contribution in [0.4, 0.5) is 10.6 Å². The molecule has 0 aliphatic carbocycles. The fraction of sp³-hybridized carbons (Fsp3) is 0.625. The van der Waals surface area contributed by atoms with Crippen molar-refractivity contribution in [2.75, 3.05) is 18.4 Å². The second kappa shape index (κ2) is 6.26. The molecule has 1 N–H and O–H groups in total. The highest BCUT2D eigenvalue weighted by Gasteiger charge is 2.28. The number of nitrogens with one attached hydrogen (secondary N) is 1. The van der Waals surface area contributed by atoms with Crippen molar-refractivity contribution in [1.82, 2.24) is 24.8 Å². The lowest BCUT2D eigenvalue weighted by Gasteiger charge is -2.31. The number of likely N-dealkylation sites (tertiary alicyclic amines) is 1. The monoisotopic (exact) mass is 332 g/mol. The summed E-state index contributed by atoms with van der Waals surface area (Å²) in [5.74, 6) is 2.27. The molecule has 0 bridgehead atoms. The molecule has 1 saturated heterocycles. The molecule has 2 amide bonds. The van der Waals surface area contributed by atoms with Crippen molar-refractivity contribution >= 4 is 11.8 Å². The van der Waals surface area contributed by atoms with Crippen molar-refractivity contribution in [3.8, 4) is 0 Å². The van der Waals surface area contributed by atoms with Crippen molar-refractivity contribution in [2.24, 2.45) is 0 Å². The quantitative estimate of drug-likeness (QED) is 0.913. The van der Waals surface area contributed by atoms with Crippen LogP contribution in [0, 0.1) is 6.92 Å². The summed E-state index contributed by atoms with van der Waals surface area (Å²) in [5, 5.41) is 11.1. The van der Waals surface area contributed by atoms with Crippen LogP contribution in [0.25, 0.3) is 0 Å². The molecule has 2 aromatic heterocycles. The highest BCUT2D eigenvalue weighted by molar-refractivity contribution is 5.88. The van der Waals surface area contributed by atoms with E-state index in [4.69, 9.17) is 4.52 Å². The van der Waals surface area contributed by atoms with Crippen LogP contribution >= 0.6 is 0 Å². The molecule has 3 heterocycles. The molecular formula is C16H24N6O2. The number of carbonyl (C=O) groups excluding carboxylic acids is 1. The summed E-state index contributed by atoms with van der Waals surface area (Å²) in [6.07, 6.45) is 3.35. The Balaban J connectivity index is 1.59. The summed E-state index contributed by atoms with van der Waals surface area (Å²) in [7, 11) is 0. The molecule has 0 radical (unpaired) electrons. The Morgan fingerprint density at radius 3 is 2.62 bits per heavy atom. The molecule has 0 spiro atoms. The minimum Gasteiger partial charge on any atom is -0.339 e. The first-order chi connectivity index (χ1) is 11.3. The van der Waals surface area contributed by atoms with E-state index >= 15 is 0 Å². The summed E-state index contributed by atoms with van der Waals surface area (Å²) in [6.45, 7) is 9.30. The van der Waals surface area contributed by atoms with Crippen LogP contribution in [0.1, 0.15) is 51.2 Å². The first-order valence-corrected chi connectivity index (χ1v) is 8.25. The van der Waals surface area contributed by atoms with Gasteiger partial charge in [-0.15, -0.1) is 0 Å². The third-order valence-electron chi connectivity index (χ3n) is 4.19. The topological polar surface area (TPSA) is 89.1 Å². The minimum atomic E-state index is -0.186. The van der Waals surface area contributed by atoms with Crippen molar-refractivity contribution in [3.63, 3.8) is 0 Å². The molecule has 0 atom stereocenters. The summed E-state index contributed by atoms with van der Waals surface area (Å²) >= 11 is 0. The molecule has 0 saturated carbocycles. The normalized spacial score (nSPS) is 16.4. The summed E-state index contributed by atoms with van der Waals surface area (Å²) in [6, 6.07) is 1.72. The van der Waals surface area contributed by atoms with Crippen molar-refractivity contribution in [2.45, 2.75) is 52.0 Å². The van der Waals surface area contributed by atoms with Gasteiger partial charge >= 0.3 is 6.03 Å². The molecular weight excluding hydrogens is 308 g/mol. The zero-order chi connectivity index (χ0) is 17.3. The number of hydrogen-bond donors (Lipinski definition) is 1. The van der Waals surface area contributed by atoms with E-state index < -0.39 is 0 Å². The van der Waals surface area contributed by atoms with Crippen molar-refractivity contribution in [3.05, 3.63) is 24.0 Å². The maximum absolute atomic E-state index is 12.5. The number of urea groups is 1. The van der Waals surface area contributed by atoms with Gasteiger partial charge in [-0.25, -0.2) is 9.48 Å². The molecule has 130 valence electrons. The van der Waals surface area contributed by atoms with Crippen LogP contribution in [0.2, 0.25) is 0 Å². The number of anilines is 1. The van der Waals surface area contributed by atoms with E-state index in [1.54, 1.807) is 6.20 Å². The van der Waals surface area contributed by atoms with Crippen LogP contribution in [0.15, 0.2) is 16.8 Å². The number of nitrogens with zero attached hydrogens (tertiary/aromatic N) is 5. The van der Waals surface area contributed by atoms with Crippen LogP contribution in [-0.4, -0.2) is 43.9 Å². The van der Waals surface area contributed by atoms with Gasteiger partial charge in [0.15, 0.2) is 5.82 Å². The van der Waals surface area contributed by atoms with Crippen LogP contribution in [0.3, 0.4) is 0 Å². The van der Waals surface area contributed by atoms with Gasteiger partial charge in [-0.2, -0.15) is 10.1 Å². The molecule has 8 heteroatoms. The highest BCUT2D eigenvalue weighted by atomic mass is 16.5. The van der Waals surface area contributed by atoms with Gasteiger partial charge in [-0.05, 0) is 40.5 Å². The van der Waals surface area contributed by atoms with E-state index in [2.05, 4.69) is 20.6 Å². The van der Waals surface area contributed by atoms with E-state index in [9.17, 15) is 4.79 Å². The first kappa shape index (κ1) is 16.5. The maximum atomic E-state index is 12.5. The van der Waals surface area contributed by atoms with Gasteiger partial charge in [-0.3, -0.25) is 5.32 Å². The number of aryl methyl sites for hydroxylation is 1. The number of carbonyl (C=O) groups is 1. The van der Waals surface area contributed by atoms with Gasteiger partial charge in [0.25, 0.3) is 0 Å². The number of piperidine rings is 1. The fourth-order valence-electron chi connectivity index (χ4n) is 2.93. The van der Waals surface area contributed by atoms with Crippen molar-refractivity contribution in [1.29, 1.82) is 0 Å². The third kappa shape index (κ3) is 3.42. The Kier molecular flexibility index (Phi) is 4.29. The standard InChI is InChI=1S/C16H24N6O2/c1-11-18-14(24-20-11)12-6-9-21(10-7-12)15(23)19-13-5-8-17-22(13)16(2,3)4/h5,8,12H,6-7,9-10H2,1-4H3,(H,19,23). The second-order valence-corrected chi connectivity index (χ2v) is 7.17. The van der Waals surface area contributed by atoms with Gasteiger partial charge in [-0.1, -0.05) is 5.16 Å². The van der Waals surface area contributed by atoms with E-state index in [0.717, 1.165) is 12.8 Å². The Morgan fingerprint density at radius 1 is 1.33 bits per heavy atom. The average molecular weight is 332 g/mol. The van der Waals surface area contributed by atoms with Crippen LogP contribution in [0.5, 0.6) is 0 Å². The summed E-state index contributed by atoms with van der Waals surface area (Å²) in [5.41, 5.74) is -0.186. The summed E-state index contributed by atoms with van der Waals surface area (Å²) < 4.78 is 7.06. The molecule has 24 heavy (non-hydrogen) atoms. The fourth-order valence-corrected chi connectivity index (χ4v) is 2.93. The lowest BCUT2D eigenvalue weighted by atomic mass is 9.97. The predicted octanol–water partition coefficient (Wildman–Crippen LogP) is 2.74. The largest absolute Gasteiger partial charge is 0.339 e. The molecule has 0 unspecified atom stereocenters. The Bertz CT molecular complexity index is 706. The first-order valence-electron chi connectivity index (χ1n) is 8.25. The molecule has 1 aliphatic rings. The van der Waals surface area contributed by atoms with E-state index in [1.807, 2.05) is 43.3 Å². The van der Waals surface area contributed by atoms with Crippen LogP contribution in [-0.2, 0) is 5.54 Å².